The molecule has 1 atom stereocenters. The number of nitrogens with one attached hydrogen (secondary N) is 1. The Morgan fingerprint density at radius 1 is 1.12 bits per heavy atom. The minimum absolute atomic E-state index is 0.598. The third kappa shape index (κ3) is 4.48. The van der Waals surface area contributed by atoms with E-state index in [9.17, 15) is 0 Å². The lowest BCUT2D eigenvalue weighted by molar-refractivity contribution is 0.389. The van der Waals surface area contributed by atoms with Gasteiger partial charge in [-0.3, -0.25) is 0 Å². The second-order valence-electron chi connectivity index (χ2n) is 6.52. The molecule has 0 bridgehead atoms. The Kier molecular flexibility index (Phi) is 5.87. The van der Waals surface area contributed by atoms with Crippen LogP contribution in [-0.4, -0.2) is 41.2 Å². The maximum absolute atomic E-state index is 5.60. The van der Waals surface area contributed by atoms with Gasteiger partial charge in [0.15, 0.2) is 5.11 Å². The van der Waals surface area contributed by atoms with E-state index in [0.717, 1.165) is 49.2 Å². The van der Waals surface area contributed by atoms with Gasteiger partial charge >= 0.3 is 0 Å². The van der Waals surface area contributed by atoms with E-state index in [4.69, 9.17) is 12.2 Å². The summed E-state index contributed by atoms with van der Waals surface area (Å²) in [6.45, 7) is 8.17. The molecule has 3 rings (SSSR count). The maximum Gasteiger partial charge on any atom is 0.173 e. The lowest BCUT2D eigenvalue weighted by Gasteiger charge is -2.36. The second kappa shape index (κ2) is 8.30. The Morgan fingerprint density at radius 2 is 1.84 bits per heavy atom. The van der Waals surface area contributed by atoms with Crippen molar-refractivity contribution in [3.63, 3.8) is 0 Å². The molecule has 2 heterocycles. The van der Waals surface area contributed by atoms with Gasteiger partial charge in [0, 0.05) is 38.1 Å². The smallest absolute Gasteiger partial charge is 0.173 e. The summed E-state index contributed by atoms with van der Waals surface area (Å²) in [5.41, 5.74) is 2.44. The zero-order valence-electron chi connectivity index (χ0n) is 15.0. The molecule has 0 spiro atoms. The van der Waals surface area contributed by atoms with Gasteiger partial charge in [-0.1, -0.05) is 32.0 Å². The Hall–Kier alpha value is -2.14. The quantitative estimate of drug-likeness (QED) is 0.835. The molecule has 1 N–H and O–H groups in total. The summed E-state index contributed by atoms with van der Waals surface area (Å²) in [5, 5.41) is 4.18. The molecule has 0 saturated carbocycles. The van der Waals surface area contributed by atoms with Crippen LogP contribution in [0.15, 0.2) is 48.7 Å². The number of benzene rings is 1. The van der Waals surface area contributed by atoms with E-state index in [0.29, 0.717) is 5.92 Å². The molecule has 1 aromatic heterocycles. The Balaban J connectivity index is 1.53. The zero-order chi connectivity index (χ0) is 17.6. The topological polar surface area (TPSA) is 31.4 Å². The van der Waals surface area contributed by atoms with Crippen molar-refractivity contribution in [2.24, 2.45) is 0 Å². The minimum atomic E-state index is 0.598. The summed E-state index contributed by atoms with van der Waals surface area (Å²) in [7, 11) is 0. The van der Waals surface area contributed by atoms with Crippen LogP contribution in [0.5, 0.6) is 0 Å². The molecule has 25 heavy (non-hydrogen) atoms. The van der Waals surface area contributed by atoms with Gasteiger partial charge in [0.1, 0.15) is 5.82 Å². The van der Waals surface area contributed by atoms with Gasteiger partial charge in [-0.05, 0) is 54.4 Å². The number of hydrogen-bond donors (Lipinski definition) is 1. The van der Waals surface area contributed by atoms with Gasteiger partial charge < -0.3 is 15.1 Å². The van der Waals surface area contributed by atoms with E-state index < -0.39 is 0 Å². The van der Waals surface area contributed by atoms with Crippen LogP contribution in [0.1, 0.15) is 31.7 Å². The van der Waals surface area contributed by atoms with Crippen LogP contribution in [0, 0.1) is 0 Å². The number of piperazine rings is 1. The molecule has 1 saturated heterocycles. The molecule has 1 aliphatic rings. The van der Waals surface area contributed by atoms with E-state index in [1.54, 1.807) is 0 Å². The maximum atomic E-state index is 5.60. The van der Waals surface area contributed by atoms with Crippen molar-refractivity contribution in [2.75, 3.05) is 36.4 Å². The highest BCUT2D eigenvalue weighted by Crippen LogP contribution is 2.21. The van der Waals surface area contributed by atoms with Crippen molar-refractivity contribution in [3.05, 3.63) is 54.2 Å². The van der Waals surface area contributed by atoms with Crippen molar-refractivity contribution in [2.45, 2.75) is 26.2 Å². The molecule has 132 valence electrons. The molecular weight excluding hydrogens is 328 g/mol. The van der Waals surface area contributed by atoms with Gasteiger partial charge in [-0.2, -0.15) is 0 Å². The number of anilines is 2. The Morgan fingerprint density at radius 3 is 2.44 bits per heavy atom. The fourth-order valence-electron chi connectivity index (χ4n) is 3.01. The molecular formula is C20H26N4S. The fourth-order valence-corrected chi connectivity index (χ4v) is 3.31. The first-order valence-electron chi connectivity index (χ1n) is 8.99. The summed E-state index contributed by atoms with van der Waals surface area (Å²) in [5.74, 6) is 1.64. The summed E-state index contributed by atoms with van der Waals surface area (Å²) in [6.07, 6.45) is 3.00. The van der Waals surface area contributed by atoms with Crippen molar-refractivity contribution in [1.29, 1.82) is 0 Å². The van der Waals surface area contributed by atoms with Crippen LogP contribution < -0.4 is 10.2 Å². The third-order valence-corrected chi connectivity index (χ3v) is 5.24. The first-order chi connectivity index (χ1) is 12.2. The van der Waals surface area contributed by atoms with Gasteiger partial charge in [0.25, 0.3) is 0 Å². The first-order valence-corrected chi connectivity index (χ1v) is 9.40. The van der Waals surface area contributed by atoms with E-state index in [1.165, 1.54) is 5.56 Å². The number of rotatable bonds is 4. The van der Waals surface area contributed by atoms with Crippen molar-refractivity contribution >= 4 is 28.8 Å². The minimum Gasteiger partial charge on any atom is -0.353 e. The lowest BCUT2D eigenvalue weighted by Crippen LogP contribution is -2.50. The average molecular weight is 355 g/mol. The second-order valence-corrected chi connectivity index (χ2v) is 6.91. The number of thiocarbonyl (C=S) groups is 1. The molecule has 0 unspecified atom stereocenters. The van der Waals surface area contributed by atoms with E-state index in [2.05, 4.69) is 64.3 Å². The van der Waals surface area contributed by atoms with Crippen LogP contribution in [0.2, 0.25) is 0 Å². The summed E-state index contributed by atoms with van der Waals surface area (Å²) >= 11 is 5.60. The van der Waals surface area contributed by atoms with Crippen molar-refractivity contribution in [1.82, 2.24) is 9.88 Å². The molecule has 0 radical (unpaired) electrons. The number of aromatic nitrogens is 1. The highest BCUT2D eigenvalue weighted by Gasteiger charge is 2.19. The Bertz CT molecular complexity index is 679. The number of hydrogen-bond acceptors (Lipinski definition) is 3. The van der Waals surface area contributed by atoms with Gasteiger partial charge in [0.05, 0.1) is 0 Å². The third-order valence-electron chi connectivity index (χ3n) is 4.88. The predicted octanol–water partition coefficient (Wildman–Crippen LogP) is 4.11. The van der Waals surface area contributed by atoms with Crippen molar-refractivity contribution in [3.8, 4) is 0 Å². The van der Waals surface area contributed by atoms with Crippen LogP contribution in [0.3, 0.4) is 0 Å². The number of nitrogens with zero attached hydrogens (tertiary/aromatic N) is 3. The molecule has 1 fully saturated rings. The van der Waals surface area contributed by atoms with Gasteiger partial charge in [-0.15, -0.1) is 0 Å². The molecule has 0 aliphatic carbocycles. The molecule has 0 amide bonds. The summed E-state index contributed by atoms with van der Waals surface area (Å²) in [4.78, 5) is 8.97. The van der Waals surface area contributed by atoms with Crippen LogP contribution >= 0.6 is 12.2 Å². The molecule has 4 nitrogen and oxygen atoms in total. The lowest BCUT2D eigenvalue weighted by atomic mass is 9.99. The summed E-state index contributed by atoms with van der Waals surface area (Å²) < 4.78 is 0. The predicted molar refractivity (Wildman–Crippen MR) is 109 cm³/mol. The average Bonchev–Trinajstić information content (AvgIpc) is 2.68. The van der Waals surface area contributed by atoms with Crippen molar-refractivity contribution < 1.29 is 0 Å². The monoisotopic (exact) mass is 354 g/mol. The van der Waals surface area contributed by atoms with Crippen LogP contribution in [-0.2, 0) is 0 Å². The van der Waals surface area contributed by atoms with E-state index >= 15 is 0 Å². The first kappa shape index (κ1) is 17.7. The largest absolute Gasteiger partial charge is 0.353 e. The Labute approximate surface area is 155 Å². The normalized spacial score (nSPS) is 15.8. The highest BCUT2D eigenvalue weighted by atomic mass is 32.1. The molecule has 5 heteroatoms. The SMILES string of the molecule is CC[C@H](C)c1ccc(NC(=S)N2CCN(c3ccccn3)CC2)cc1. The summed E-state index contributed by atoms with van der Waals surface area (Å²) in [6, 6.07) is 14.7. The molecule has 1 aromatic carbocycles. The zero-order valence-corrected chi connectivity index (χ0v) is 15.8. The van der Waals surface area contributed by atoms with Gasteiger partial charge in [0.2, 0.25) is 0 Å². The van der Waals surface area contributed by atoms with E-state index in [-0.39, 0.29) is 0 Å². The molecule has 2 aromatic rings. The van der Waals surface area contributed by atoms with Crippen LogP contribution in [0.25, 0.3) is 0 Å². The van der Waals surface area contributed by atoms with E-state index in [1.807, 2.05) is 18.3 Å². The number of pyridine rings is 1. The highest BCUT2D eigenvalue weighted by molar-refractivity contribution is 7.80. The standard InChI is InChI=1S/C20H26N4S/c1-3-16(2)17-7-9-18(10-8-17)22-20(25)24-14-12-23(13-15-24)19-6-4-5-11-21-19/h4-11,16H,3,12-15H2,1-2H3,(H,22,25)/t16-/m0/s1. The fraction of sp³-hybridized carbons (Fsp3) is 0.400. The van der Waals surface area contributed by atoms with Crippen LogP contribution in [0.4, 0.5) is 11.5 Å². The molecule has 1 aliphatic heterocycles. The van der Waals surface area contributed by atoms with Gasteiger partial charge in [-0.25, -0.2) is 4.98 Å².